The Hall–Kier alpha value is -0.380. The van der Waals surface area contributed by atoms with Gasteiger partial charge in [0.15, 0.2) is 0 Å². The minimum absolute atomic E-state index is 0.619. The molecular formula is C16H23BrN2. The van der Waals surface area contributed by atoms with Gasteiger partial charge < -0.3 is 5.73 Å². The standard InChI is InChI=1S/C16H23BrN2/c1-11-7-8-19(10-12(11)9-18)16-6-5-13-14(16)3-2-4-15(13)17/h2-4,11-12,16H,5-10,18H2,1H3. The Morgan fingerprint density at radius 2 is 2.21 bits per heavy atom. The number of nitrogens with zero attached hydrogens (tertiary/aromatic N) is 1. The highest BCUT2D eigenvalue weighted by Gasteiger charge is 2.33. The van der Waals surface area contributed by atoms with Crippen LogP contribution in [0.25, 0.3) is 0 Å². The van der Waals surface area contributed by atoms with Crippen LogP contribution in [0, 0.1) is 11.8 Å². The molecule has 2 nitrogen and oxygen atoms in total. The third-order valence-electron chi connectivity index (χ3n) is 5.07. The maximum atomic E-state index is 5.94. The van der Waals surface area contributed by atoms with E-state index in [1.54, 1.807) is 5.56 Å². The lowest BCUT2D eigenvalue weighted by atomic mass is 9.86. The van der Waals surface area contributed by atoms with E-state index in [2.05, 4.69) is 46.0 Å². The monoisotopic (exact) mass is 322 g/mol. The van der Waals surface area contributed by atoms with Crippen LogP contribution >= 0.6 is 15.9 Å². The molecule has 1 aliphatic heterocycles. The van der Waals surface area contributed by atoms with Gasteiger partial charge in [0.1, 0.15) is 0 Å². The molecule has 0 radical (unpaired) electrons. The molecule has 1 aromatic rings. The summed E-state index contributed by atoms with van der Waals surface area (Å²) in [4.78, 5) is 2.68. The first-order valence-corrected chi connectivity index (χ1v) is 8.21. The summed E-state index contributed by atoms with van der Waals surface area (Å²) in [5.41, 5.74) is 9.00. The largest absolute Gasteiger partial charge is 0.330 e. The van der Waals surface area contributed by atoms with Gasteiger partial charge in [0.25, 0.3) is 0 Å². The molecule has 1 aliphatic carbocycles. The fraction of sp³-hybridized carbons (Fsp3) is 0.625. The highest BCUT2D eigenvalue weighted by molar-refractivity contribution is 9.10. The summed E-state index contributed by atoms with van der Waals surface area (Å²) in [7, 11) is 0. The molecule has 0 aromatic heterocycles. The van der Waals surface area contributed by atoms with Crippen LogP contribution in [-0.4, -0.2) is 24.5 Å². The molecule has 3 unspecified atom stereocenters. The number of hydrogen-bond acceptors (Lipinski definition) is 2. The van der Waals surface area contributed by atoms with E-state index in [-0.39, 0.29) is 0 Å². The Labute approximate surface area is 124 Å². The van der Waals surface area contributed by atoms with Crippen LogP contribution in [0.2, 0.25) is 0 Å². The molecule has 3 atom stereocenters. The zero-order valence-corrected chi connectivity index (χ0v) is 13.2. The molecule has 3 rings (SSSR count). The van der Waals surface area contributed by atoms with Gasteiger partial charge in [0.05, 0.1) is 0 Å². The van der Waals surface area contributed by atoms with Crippen molar-refractivity contribution < 1.29 is 0 Å². The van der Waals surface area contributed by atoms with Crippen molar-refractivity contribution in [2.75, 3.05) is 19.6 Å². The van der Waals surface area contributed by atoms with Crippen LogP contribution in [0.1, 0.15) is 36.9 Å². The van der Waals surface area contributed by atoms with Crippen LogP contribution in [0.3, 0.4) is 0 Å². The quantitative estimate of drug-likeness (QED) is 0.904. The Balaban J connectivity index is 1.80. The SMILES string of the molecule is CC1CCN(C2CCc3c(Br)cccc32)CC1CN. The number of likely N-dealkylation sites (tertiary alicyclic amines) is 1. The zero-order chi connectivity index (χ0) is 13.4. The fourth-order valence-corrected chi connectivity index (χ4v) is 4.31. The number of fused-ring (bicyclic) bond motifs is 1. The fourth-order valence-electron chi connectivity index (χ4n) is 3.73. The summed E-state index contributed by atoms with van der Waals surface area (Å²) in [5, 5.41) is 0. The van der Waals surface area contributed by atoms with E-state index in [4.69, 9.17) is 5.73 Å². The molecule has 1 fully saturated rings. The van der Waals surface area contributed by atoms with Gasteiger partial charge in [-0.25, -0.2) is 0 Å². The van der Waals surface area contributed by atoms with E-state index in [1.165, 1.54) is 42.4 Å². The Morgan fingerprint density at radius 1 is 1.37 bits per heavy atom. The predicted octanol–water partition coefficient (Wildman–Crippen LogP) is 3.35. The van der Waals surface area contributed by atoms with Crippen molar-refractivity contribution in [3.05, 3.63) is 33.8 Å². The molecule has 0 spiro atoms. The molecule has 0 saturated carbocycles. The van der Waals surface area contributed by atoms with Crippen LogP contribution in [0.15, 0.2) is 22.7 Å². The van der Waals surface area contributed by atoms with Crippen molar-refractivity contribution in [2.45, 2.75) is 32.2 Å². The molecule has 2 N–H and O–H groups in total. The molecule has 1 saturated heterocycles. The topological polar surface area (TPSA) is 29.3 Å². The first-order valence-electron chi connectivity index (χ1n) is 7.42. The Bertz CT molecular complexity index is 460. The highest BCUT2D eigenvalue weighted by Crippen LogP contribution is 2.41. The number of piperidine rings is 1. The number of rotatable bonds is 2. The Kier molecular flexibility index (Phi) is 3.97. The van der Waals surface area contributed by atoms with Gasteiger partial charge in [-0.3, -0.25) is 4.90 Å². The molecule has 2 aliphatic rings. The molecular weight excluding hydrogens is 300 g/mol. The van der Waals surface area contributed by atoms with Gasteiger partial charge >= 0.3 is 0 Å². The van der Waals surface area contributed by atoms with Crippen molar-refractivity contribution in [2.24, 2.45) is 17.6 Å². The second-order valence-electron chi connectivity index (χ2n) is 6.12. The third-order valence-corrected chi connectivity index (χ3v) is 5.81. The van der Waals surface area contributed by atoms with E-state index >= 15 is 0 Å². The first kappa shape index (κ1) is 13.6. The summed E-state index contributed by atoms with van der Waals surface area (Å²) in [5.74, 6) is 1.45. The van der Waals surface area contributed by atoms with E-state index < -0.39 is 0 Å². The first-order chi connectivity index (χ1) is 9.20. The maximum Gasteiger partial charge on any atom is 0.0354 e. The van der Waals surface area contributed by atoms with E-state index in [9.17, 15) is 0 Å². The minimum atomic E-state index is 0.619. The van der Waals surface area contributed by atoms with Gasteiger partial charge in [-0.2, -0.15) is 0 Å². The molecule has 1 heterocycles. The van der Waals surface area contributed by atoms with E-state index in [1.807, 2.05) is 0 Å². The molecule has 1 aromatic carbocycles. The second kappa shape index (κ2) is 5.55. The average Bonchev–Trinajstić information content (AvgIpc) is 2.85. The molecule has 104 valence electrons. The molecule has 3 heteroatoms. The van der Waals surface area contributed by atoms with Crippen molar-refractivity contribution in [1.29, 1.82) is 0 Å². The minimum Gasteiger partial charge on any atom is -0.330 e. The summed E-state index contributed by atoms with van der Waals surface area (Å²) in [6.45, 7) is 5.59. The lowest BCUT2D eigenvalue weighted by Crippen LogP contribution is -2.43. The smallest absolute Gasteiger partial charge is 0.0354 e. The van der Waals surface area contributed by atoms with Gasteiger partial charge in [-0.05, 0) is 61.4 Å². The van der Waals surface area contributed by atoms with Crippen LogP contribution < -0.4 is 5.73 Å². The number of hydrogen-bond donors (Lipinski definition) is 1. The average molecular weight is 323 g/mol. The van der Waals surface area contributed by atoms with Crippen LogP contribution in [0.5, 0.6) is 0 Å². The third kappa shape index (κ3) is 2.48. The predicted molar refractivity (Wildman–Crippen MR) is 83.1 cm³/mol. The summed E-state index contributed by atoms with van der Waals surface area (Å²) >= 11 is 3.70. The molecule has 19 heavy (non-hydrogen) atoms. The number of halogens is 1. The van der Waals surface area contributed by atoms with Gasteiger partial charge in [0, 0.05) is 17.1 Å². The Morgan fingerprint density at radius 3 is 3.00 bits per heavy atom. The summed E-state index contributed by atoms with van der Waals surface area (Å²) < 4.78 is 1.29. The van der Waals surface area contributed by atoms with Crippen LogP contribution in [0.4, 0.5) is 0 Å². The van der Waals surface area contributed by atoms with Crippen molar-refractivity contribution >= 4 is 15.9 Å². The molecule has 0 amide bonds. The summed E-state index contributed by atoms with van der Waals surface area (Å²) in [6, 6.07) is 7.28. The highest BCUT2D eigenvalue weighted by atomic mass is 79.9. The van der Waals surface area contributed by atoms with Crippen LogP contribution in [-0.2, 0) is 6.42 Å². The normalized spacial score (nSPS) is 31.4. The summed E-state index contributed by atoms with van der Waals surface area (Å²) in [6.07, 6.45) is 3.77. The van der Waals surface area contributed by atoms with Gasteiger partial charge in [0.2, 0.25) is 0 Å². The number of benzene rings is 1. The van der Waals surface area contributed by atoms with E-state index in [0.717, 1.165) is 12.5 Å². The number of nitrogens with two attached hydrogens (primary N) is 1. The van der Waals surface area contributed by atoms with Crippen molar-refractivity contribution in [1.82, 2.24) is 4.90 Å². The van der Waals surface area contributed by atoms with Crippen molar-refractivity contribution in [3.63, 3.8) is 0 Å². The molecule has 0 bridgehead atoms. The van der Waals surface area contributed by atoms with E-state index in [0.29, 0.717) is 12.0 Å². The lowest BCUT2D eigenvalue weighted by Gasteiger charge is -2.40. The van der Waals surface area contributed by atoms with Gasteiger partial charge in [-0.1, -0.05) is 35.0 Å². The lowest BCUT2D eigenvalue weighted by molar-refractivity contribution is 0.0909. The second-order valence-corrected chi connectivity index (χ2v) is 6.97. The maximum absolute atomic E-state index is 5.94. The zero-order valence-electron chi connectivity index (χ0n) is 11.6. The van der Waals surface area contributed by atoms with Crippen molar-refractivity contribution in [3.8, 4) is 0 Å². The van der Waals surface area contributed by atoms with Gasteiger partial charge in [-0.15, -0.1) is 0 Å².